The second-order valence-electron chi connectivity index (χ2n) is 7.09. The van der Waals surface area contributed by atoms with Crippen LogP contribution in [0.5, 0.6) is 0 Å². The Labute approximate surface area is 111 Å². The summed E-state index contributed by atoms with van der Waals surface area (Å²) in [5.74, 6) is 0.620. The Balaban J connectivity index is 2.12. The summed E-state index contributed by atoms with van der Waals surface area (Å²) in [6.07, 6.45) is 5.17. The largest absolute Gasteiger partial charge is 0.425 e. The van der Waals surface area contributed by atoms with E-state index in [4.69, 9.17) is 4.65 Å². The van der Waals surface area contributed by atoms with Crippen LogP contribution >= 0.6 is 0 Å². The van der Waals surface area contributed by atoms with E-state index < -0.39 is 0 Å². The van der Waals surface area contributed by atoms with Crippen molar-refractivity contribution in [3.05, 3.63) is 12.4 Å². The smallest absolute Gasteiger partial charge is 0.331 e. The van der Waals surface area contributed by atoms with E-state index in [0.29, 0.717) is 5.92 Å². The summed E-state index contributed by atoms with van der Waals surface area (Å²) in [6, 6.07) is 0. The van der Waals surface area contributed by atoms with Crippen molar-refractivity contribution in [2.24, 2.45) is 11.3 Å². The Bertz CT molecular complexity index is 407. The van der Waals surface area contributed by atoms with Crippen molar-refractivity contribution in [3.8, 4) is 0 Å². The first-order chi connectivity index (χ1) is 8.21. The molecule has 1 fully saturated rings. The molecule has 2 rings (SSSR count). The summed E-state index contributed by atoms with van der Waals surface area (Å²) in [4.78, 5) is 0. The van der Waals surface area contributed by atoms with E-state index in [9.17, 15) is 0 Å². The van der Waals surface area contributed by atoms with Crippen molar-refractivity contribution < 1.29 is 4.65 Å². The molecule has 1 aliphatic rings. The summed E-state index contributed by atoms with van der Waals surface area (Å²) < 4.78 is 8.24. The molecule has 0 saturated carbocycles. The minimum atomic E-state index is -0.0716. The molecule has 0 spiro atoms. The van der Waals surface area contributed by atoms with Crippen molar-refractivity contribution >= 4 is 12.4 Å². The van der Waals surface area contributed by atoms with Crippen molar-refractivity contribution in [3.63, 3.8) is 0 Å². The van der Waals surface area contributed by atoms with E-state index in [1.807, 2.05) is 10.9 Å². The van der Waals surface area contributed by atoms with Gasteiger partial charge in [-0.1, -0.05) is 27.7 Å². The Hall–Kier alpha value is -0.765. The lowest BCUT2D eigenvalue weighted by molar-refractivity contribution is 0.0375. The zero-order valence-electron chi connectivity index (χ0n) is 12.5. The lowest BCUT2D eigenvalue weighted by Crippen LogP contribution is -2.35. The van der Waals surface area contributed by atoms with Gasteiger partial charge in [-0.2, -0.15) is 5.10 Å². The van der Waals surface area contributed by atoms with Crippen LogP contribution in [0.4, 0.5) is 0 Å². The molecular formula is C14H25BN2O. The molecule has 0 unspecified atom stereocenters. The van der Waals surface area contributed by atoms with Gasteiger partial charge < -0.3 is 4.65 Å². The zero-order chi connectivity index (χ0) is 13.6. The topological polar surface area (TPSA) is 27.1 Å². The average Bonchev–Trinajstić information content (AvgIpc) is 2.70. The number of hydrogen-bond donors (Lipinski definition) is 0. The fraction of sp³-hybridized carbons (Fsp3) is 0.786. The third kappa shape index (κ3) is 2.49. The molecule has 0 atom stereocenters. The highest BCUT2D eigenvalue weighted by molar-refractivity contribution is 6.68. The van der Waals surface area contributed by atoms with E-state index in [0.717, 1.165) is 12.9 Å². The van der Waals surface area contributed by atoms with Gasteiger partial charge in [0.25, 0.3) is 0 Å². The van der Waals surface area contributed by atoms with Crippen LogP contribution in [-0.2, 0) is 11.2 Å². The first-order valence-corrected chi connectivity index (χ1v) is 6.91. The van der Waals surface area contributed by atoms with Crippen molar-refractivity contribution in [1.82, 2.24) is 9.78 Å². The number of aromatic nitrogens is 2. The fourth-order valence-electron chi connectivity index (χ4n) is 2.47. The van der Waals surface area contributed by atoms with Gasteiger partial charge in [0.05, 0.1) is 5.60 Å². The first-order valence-electron chi connectivity index (χ1n) is 6.91. The van der Waals surface area contributed by atoms with Gasteiger partial charge in [0, 0.05) is 18.9 Å². The average molecular weight is 248 g/mol. The van der Waals surface area contributed by atoms with Gasteiger partial charge in [-0.05, 0) is 37.0 Å². The maximum Gasteiger partial charge on any atom is 0.331 e. The lowest BCUT2D eigenvalue weighted by Gasteiger charge is -2.34. The van der Waals surface area contributed by atoms with Crippen LogP contribution in [0.2, 0.25) is 6.32 Å². The number of rotatable bonds is 3. The molecule has 1 saturated heterocycles. The zero-order valence-corrected chi connectivity index (χ0v) is 12.5. The van der Waals surface area contributed by atoms with Crippen LogP contribution in [0.25, 0.3) is 0 Å². The van der Waals surface area contributed by atoms with Crippen LogP contribution < -0.4 is 5.46 Å². The van der Waals surface area contributed by atoms with Crippen LogP contribution in [0.15, 0.2) is 12.4 Å². The minimum Gasteiger partial charge on any atom is -0.425 e. The third-order valence-corrected chi connectivity index (χ3v) is 4.34. The highest BCUT2D eigenvalue weighted by atomic mass is 16.5. The highest BCUT2D eigenvalue weighted by Crippen LogP contribution is 2.44. The molecule has 100 valence electrons. The maximum atomic E-state index is 6.22. The molecule has 4 heteroatoms. The molecule has 3 nitrogen and oxygen atoms in total. The normalized spacial score (nSPS) is 21.8. The van der Waals surface area contributed by atoms with Gasteiger partial charge in [-0.25, -0.2) is 0 Å². The summed E-state index contributed by atoms with van der Waals surface area (Å²) in [7, 11) is 0. The van der Waals surface area contributed by atoms with E-state index in [1.165, 1.54) is 5.46 Å². The predicted octanol–water partition coefficient (Wildman–Crippen LogP) is 2.57. The Morgan fingerprint density at radius 3 is 2.56 bits per heavy atom. The molecule has 0 radical (unpaired) electrons. The second kappa shape index (κ2) is 4.41. The van der Waals surface area contributed by atoms with Crippen molar-refractivity contribution in [1.29, 1.82) is 0 Å². The number of nitrogens with zero attached hydrogens (tertiary/aromatic N) is 2. The minimum absolute atomic E-state index is 0.0716. The standard InChI is InChI=1S/C14H25BN2O/c1-11(2)8-17-9-12(7-16-17)15-10-13(3,4)14(5,6)18-15/h7,9,11H,8,10H2,1-6H3. The highest BCUT2D eigenvalue weighted by Gasteiger charge is 2.50. The van der Waals surface area contributed by atoms with E-state index in [1.54, 1.807) is 0 Å². The van der Waals surface area contributed by atoms with Gasteiger partial charge in [0.15, 0.2) is 0 Å². The van der Waals surface area contributed by atoms with Crippen LogP contribution in [0.3, 0.4) is 0 Å². The molecule has 1 aliphatic heterocycles. The van der Waals surface area contributed by atoms with Gasteiger partial charge in [0.2, 0.25) is 0 Å². The molecule has 18 heavy (non-hydrogen) atoms. The van der Waals surface area contributed by atoms with Crippen molar-refractivity contribution in [2.75, 3.05) is 0 Å². The molecule has 2 heterocycles. The number of hydrogen-bond acceptors (Lipinski definition) is 2. The summed E-state index contributed by atoms with van der Waals surface area (Å²) in [5, 5.41) is 4.43. The monoisotopic (exact) mass is 248 g/mol. The SMILES string of the molecule is CC(C)Cn1cc(B2CC(C)(C)C(C)(C)O2)cn1. The van der Waals surface area contributed by atoms with Crippen LogP contribution in [-0.4, -0.2) is 22.3 Å². The second-order valence-corrected chi connectivity index (χ2v) is 7.09. The van der Waals surface area contributed by atoms with E-state index in [-0.39, 0.29) is 17.9 Å². The van der Waals surface area contributed by atoms with Gasteiger partial charge in [-0.3, -0.25) is 4.68 Å². The Morgan fingerprint density at radius 2 is 2.06 bits per heavy atom. The lowest BCUT2D eigenvalue weighted by atomic mass is 9.55. The molecule has 0 bridgehead atoms. The maximum absolute atomic E-state index is 6.22. The van der Waals surface area contributed by atoms with E-state index >= 15 is 0 Å². The summed E-state index contributed by atoms with van der Waals surface area (Å²) in [6.45, 7) is 14.5. The van der Waals surface area contributed by atoms with E-state index in [2.05, 4.69) is 52.8 Å². The molecule has 0 N–H and O–H groups in total. The molecular weight excluding hydrogens is 223 g/mol. The Morgan fingerprint density at radius 1 is 1.39 bits per heavy atom. The summed E-state index contributed by atoms with van der Waals surface area (Å²) >= 11 is 0. The van der Waals surface area contributed by atoms with Crippen LogP contribution in [0, 0.1) is 11.3 Å². The predicted molar refractivity (Wildman–Crippen MR) is 76.2 cm³/mol. The van der Waals surface area contributed by atoms with Gasteiger partial charge in [-0.15, -0.1) is 0 Å². The van der Waals surface area contributed by atoms with Gasteiger partial charge >= 0.3 is 6.92 Å². The quantitative estimate of drug-likeness (QED) is 0.769. The molecule has 1 aromatic rings. The molecule has 1 aromatic heterocycles. The fourth-order valence-corrected chi connectivity index (χ4v) is 2.47. The van der Waals surface area contributed by atoms with Crippen molar-refractivity contribution in [2.45, 2.75) is 60.0 Å². The Kier molecular flexibility index (Phi) is 3.35. The first kappa shape index (κ1) is 13.7. The van der Waals surface area contributed by atoms with Gasteiger partial charge in [0.1, 0.15) is 0 Å². The molecule has 0 aliphatic carbocycles. The molecule has 0 amide bonds. The summed E-state index contributed by atoms with van der Waals surface area (Å²) in [5.41, 5.74) is 1.35. The third-order valence-electron chi connectivity index (χ3n) is 4.34. The molecule has 0 aromatic carbocycles. The van der Waals surface area contributed by atoms with Crippen LogP contribution in [0.1, 0.15) is 41.5 Å².